The van der Waals surface area contributed by atoms with Gasteiger partial charge in [-0.2, -0.15) is 0 Å². The van der Waals surface area contributed by atoms with Crippen LogP contribution in [0.3, 0.4) is 0 Å². The van der Waals surface area contributed by atoms with E-state index < -0.39 is 29.2 Å². The minimum atomic E-state index is -0.996. The van der Waals surface area contributed by atoms with Crippen LogP contribution in [0.4, 0.5) is 0 Å². The third-order valence-corrected chi connectivity index (χ3v) is 6.58. The van der Waals surface area contributed by atoms with Crippen LogP contribution < -0.4 is 0 Å². The van der Waals surface area contributed by atoms with Crippen LogP contribution in [-0.4, -0.2) is 47.1 Å². The molecule has 1 aliphatic carbocycles. The molecule has 2 N–H and O–H groups in total. The quantitative estimate of drug-likeness (QED) is 0.440. The predicted molar refractivity (Wildman–Crippen MR) is 138 cm³/mol. The molecule has 0 heterocycles. The number of methoxy groups -OCH3 is 1. The molecule has 0 bridgehead atoms. The molecular formula is C29H40O6. The van der Waals surface area contributed by atoms with E-state index in [2.05, 4.69) is 16.9 Å². The third kappa shape index (κ3) is 8.18. The van der Waals surface area contributed by atoms with E-state index in [1.165, 1.54) is 7.11 Å². The Morgan fingerprint density at radius 1 is 1.20 bits per heavy atom. The molecule has 3 atom stereocenters. The summed E-state index contributed by atoms with van der Waals surface area (Å²) in [5.41, 5.74) is 2.69. The number of aliphatic hydroxyl groups is 2. The van der Waals surface area contributed by atoms with Gasteiger partial charge in [0.1, 0.15) is 5.60 Å². The predicted octanol–water partition coefficient (Wildman–Crippen LogP) is 4.77. The van der Waals surface area contributed by atoms with E-state index in [9.17, 15) is 19.8 Å². The van der Waals surface area contributed by atoms with Crippen molar-refractivity contribution in [2.24, 2.45) is 5.41 Å². The molecule has 2 rings (SSSR count). The molecule has 0 aliphatic heterocycles. The molecule has 192 valence electrons. The van der Waals surface area contributed by atoms with Crippen molar-refractivity contribution in [3.8, 4) is 0 Å². The SMILES string of the molecule is CCC(C)(C)C(=O)OC1(Cc2cc(C)cc(C)c2C=CC(O)CC(O)CC(=O)OC)C=CC=CC1. The topological polar surface area (TPSA) is 93.1 Å². The summed E-state index contributed by atoms with van der Waals surface area (Å²) in [4.78, 5) is 24.4. The molecule has 3 unspecified atom stereocenters. The van der Waals surface area contributed by atoms with Gasteiger partial charge in [0.05, 0.1) is 31.2 Å². The number of carbonyl (C=O) groups is 2. The van der Waals surface area contributed by atoms with E-state index in [1.54, 1.807) is 6.08 Å². The van der Waals surface area contributed by atoms with E-state index in [4.69, 9.17) is 4.74 Å². The second-order valence-electron chi connectivity index (χ2n) is 10.1. The molecule has 1 aliphatic rings. The summed E-state index contributed by atoms with van der Waals surface area (Å²) in [7, 11) is 1.26. The standard InChI is InChI=1S/C29H40O6/c1-7-28(4,5)27(33)35-29(13-9-8-10-14-29)19-22-16-20(2)15-21(3)25(22)12-11-23(30)17-24(31)18-26(32)34-6/h8-13,15-16,23-24,30-31H,7,14,17-19H2,1-6H3. The smallest absolute Gasteiger partial charge is 0.312 e. The van der Waals surface area contributed by atoms with Crippen LogP contribution in [0.15, 0.2) is 42.5 Å². The molecular weight excluding hydrogens is 444 g/mol. The average Bonchev–Trinajstić information content (AvgIpc) is 2.78. The lowest BCUT2D eigenvalue weighted by molar-refractivity contribution is -0.166. The lowest BCUT2D eigenvalue weighted by atomic mass is 9.83. The van der Waals surface area contributed by atoms with E-state index in [1.807, 2.05) is 65.0 Å². The van der Waals surface area contributed by atoms with Gasteiger partial charge < -0.3 is 19.7 Å². The van der Waals surface area contributed by atoms with Crippen LogP contribution in [0.25, 0.3) is 6.08 Å². The van der Waals surface area contributed by atoms with Crippen molar-refractivity contribution in [2.45, 2.75) is 84.5 Å². The monoisotopic (exact) mass is 484 g/mol. The maximum atomic E-state index is 13.0. The van der Waals surface area contributed by atoms with Gasteiger partial charge >= 0.3 is 11.9 Å². The lowest BCUT2D eigenvalue weighted by Crippen LogP contribution is -2.40. The van der Waals surface area contributed by atoms with Gasteiger partial charge in [0, 0.05) is 19.3 Å². The number of aliphatic hydroxyl groups excluding tert-OH is 2. The highest BCUT2D eigenvalue weighted by atomic mass is 16.6. The van der Waals surface area contributed by atoms with Crippen molar-refractivity contribution in [3.05, 3.63) is 64.8 Å². The molecule has 35 heavy (non-hydrogen) atoms. The van der Waals surface area contributed by atoms with E-state index in [0.29, 0.717) is 19.3 Å². The zero-order valence-corrected chi connectivity index (χ0v) is 21.8. The van der Waals surface area contributed by atoms with Gasteiger partial charge in [-0.25, -0.2) is 0 Å². The highest BCUT2D eigenvalue weighted by Crippen LogP contribution is 2.34. The number of carbonyl (C=O) groups excluding carboxylic acids is 2. The second kappa shape index (κ2) is 12.3. The first-order valence-electron chi connectivity index (χ1n) is 12.2. The number of esters is 2. The van der Waals surface area contributed by atoms with Gasteiger partial charge in [-0.1, -0.05) is 55.0 Å². The molecule has 1 aromatic rings. The number of allylic oxidation sites excluding steroid dienone is 2. The second-order valence-corrected chi connectivity index (χ2v) is 10.1. The van der Waals surface area contributed by atoms with Crippen molar-refractivity contribution < 1.29 is 29.3 Å². The zero-order valence-electron chi connectivity index (χ0n) is 21.8. The number of rotatable bonds is 11. The molecule has 6 nitrogen and oxygen atoms in total. The Bertz CT molecular complexity index is 987. The van der Waals surface area contributed by atoms with E-state index >= 15 is 0 Å². The van der Waals surface area contributed by atoms with Gasteiger partial charge in [0.15, 0.2) is 0 Å². The van der Waals surface area contributed by atoms with Crippen molar-refractivity contribution in [1.29, 1.82) is 0 Å². The van der Waals surface area contributed by atoms with Gasteiger partial charge in [-0.05, 0) is 56.9 Å². The summed E-state index contributed by atoms with van der Waals surface area (Å²) in [5, 5.41) is 20.4. The summed E-state index contributed by atoms with van der Waals surface area (Å²) in [6.45, 7) is 9.80. The number of ether oxygens (including phenoxy) is 2. The first kappa shape index (κ1) is 28.5. The number of benzene rings is 1. The van der Waals surface area contributed by atoms with Gasteiger partial charge in [0.25, 0.3) is 0 Å². The van der Waals surface area contributed by atoms with E-state index in [-0.39, 0.29) is 18.8 Å². The Labute approximate surface area is 209 Å². The summed E-state index contributed by atoms with van der Waals surface area (Å²) < 4.78 is 10.7. The Balaban J connectivity index is 2.32. The Kier molecular flexibility index (Phi) is 10.0. The molecule has 1 aromatic carbocycles. The molecule has 0 radical (unpaired) electrons. The van der Waals surface area contributed by atoms with Gasteiger partial charge in [-0.15, -0.1) is 0 Å². The van der Waals surface area contributed by atoms with Crippen molar-refractivity contribution in [3.63, 3.8) is 0 Å². The van der Waals surface area contributed by atoms with Crippen molar-refractivity contribution in [1.82, 2.24) is 0 Å². The lowest BCUT2D eigenvalue weighted by Gasteiger charge is -2.35. The average molecular weight is 485 g/mol. The van der Waals surface area contributed by atoms with Crippen LogP contribution in [0.1, 0.15) is 68.7 Å². The van der Waals surface area contributed by atoms with Gasteiger partial charge in [0.2, 0.25) is 0 Å². The maximum Gasteiger partial charge on any atom is 0.312 e. The molecule has 0 amide bonds. The fourth-order valence-electron chi connectivity index (χ4n) is 4.05. The fraction of sp³-hybridized carbons (Fsp3) is 0.517. The molecule has 0 spiro atoms. The highest BCUT2D eigenvalue weighted by molar-refractivity contribution is 5.76. The van der Waals surface area contributed by atoms with Crippen LogP contribution in [0.5, 0.6) is 0 Å². The summed E-state index contributed by atoms with van der Waals surface area (Å²) >= 11 is 0. The normalized spacial score (nSPS) is 19.5. The van der Waals surface area contributed by atoms with E-state index in [0.717, 1.165) is 22.3 Å². The van der Waals surface area contributed by atoms with Crippen LogP contribution in [-0.2, 0) is 25.5 Å². The Morgan fingerprint density at radius 2 is 1.91 bits per heavy atom. The van der Waals surface area contributed by atoms with Gasteiger partial charge in [-0.3, -0.25) is 9.59 Å². The largest absolute Gasteiger partial charge is 0.469 e. The summed E-state index contributed by atoms with van der Waals surface area (Å²) in [6.07, 6.45) is 11.0. The molecule has 0 aromatic heterocycles. The Hall–Kier alpha value is -2.70. The molecule has 0 fully saturated rings. The summed E-state index contributed by atoms with van der Waals surface area (Å²) in [6, 6.07) is 4.15. The van der Waals surface area contributed by atoms with Crippen molar-refractivity contribution >= 4 is 18.0 Å². The maximum absolute atomic E-state index is 13.0. The minimum absolute atomic E-state index is 0.0209. The molecule has 6 heteroatoms. The van der Waals surface area contributed by atoms with Crippen molar-refractivity contribution in [2.75, 3.05) is 7.11 Å². The Morgan fingerprint density at radius 3 is 2.51 bits per heavy atom. The number of hydrogen-bond donors (Lipinski definition) is 2. The fourth-order valence-corrected chi connectivity index (χ4v) is 4.05. The molecule has 0 saturated carbocycles. The minimum Gasteiger partial charge on any atom is -0.469 e. The molecule has 0 saturated heterocycles. The first-order chi connectivity index (χ1) is 16.4. The third-order valence-electron chi connectivity index (χ3n) is 6.58. The zero-order chi connectivity index (χ0) is 26.2. The van der Waals surface area contributed by atoms with Crippen LogP contribution in [0, 0.1) is 19.3 Å². The van der Waals surface area contributed by atoms with Crippen LogP contribution >= 0.6 is 0 Å². The van der Waals surface area contributed by atoms with Crippen LogP contribution in [0.2, 0.25) is 0 Å². The number of hydrogen-bond acceptors (Lipinski definition) is 6. The first-order valence-corrected chi connectivity index (χ1v) is 12.2. The number of aryl methyl sites for hydroxylation is 2. The highest BCUT2D eigenvalue weighted by Gasteiger charge is 2.37. The summed E-state index contributed by atoms with van der Waals surface area (Å²) in [5.74, 6) is -0.748.